The van der Waals surface area contributed by atoms with Crippen molar-refractivity contribution in [1.29, 1.82) is 0 Å². The minimum absolute atomic E-state index is 0.102. The van der Waals surface area contributed by atoms with Gasteiger partial charge in [-0.15, -0.1) is 0 Å². The first-order valence-corrected chi connectivity index (χ1v) is 4.69. The molecule has 1 aromatic heterocycles. The molecule has 0 radical (unpaired) electrons. The molecule has 0 spiro atoms. The van der Waals surface area contributed by atoms with E-state index in [-0.39, 0.29) is 12.5 Å². The van der Waals surface area contributed by atoms with Crippen molar-refractivity contribution in [2.45, 2.75) is 0 Å². The average Bonchev–Trinajstić information content (AvgIpc) is 2.62. The van der Waals surface area contributed by atoms with Crippen LogP contribution in [0.2, 0.25) is 0 Å². The topological polar surface area (TPSA) is 69.8 Å². The van der Waals surface area contributed by atoms with Crippen LogP contribution in [0.15, 0.2) is 24.3 Å². The molecule has 0 bridgehead atoms. The standard InChI is InChI=1S/C10H12N4O/c1-11-6-9(15)12-10-7-4-2-3-5-8(7)13-14-10/h2-5,11H,6H2,1H3,(H2,12,13,14,15). The molecule has 5 heteroatoms. The Morgan fingerprint density at radius 1 is 1.47 bits per heavy atom. The Morgan fingerprint density at radius 3 is 3.07 bits per heavy atom. The molecule has 1 amide bonds. The Kier molecular flexibility index (Phi) is 2.64. The molecule has 0 aliphatic carbocycles. The van der Waals surface area contributed by atoms with E-state index in [1.165, 1.54) is 0 Å². The number of nitrogens with zero attached hydrogens (tertiary/aromatic N) is 1. The lowest BCUT2D eigenvalue weighted by molar-refractivity contribution is -0.115. The average molecular weight is 204 g/mol. The summed E-state index contributed by atoms with van der Waals surface area (Å²) in [7, 11) is 1.72. The fourth-order valence-corrected chi connectivity index (χ4v) is 1.40. The largest absolute Gasteiger partial charge is 0.311 e. The van der Waals surface area contributed by atoms with Crippen LogP contribution in [0.1, 0.15) is 0 Å². The quantitative estimate of drug-likeness (QED) is 0.690. The van der Waals surface area contributed by atoms with Crippen molar-refractivity contribution >= 4 is 22.6 Å². The highest BCUT2D eigenvalue weighted by molar-refractivity contribution is 6.00. The second-order valence-corrected chi connectivity index (χ2v) is 3.20. The molecule has 0 aliphatic rings. The molecule has 0 saturated carbocycles. The number of H-pyrrole nitrogens is 1. The number of carbonyl (C=O) groups is 1. The molecule has 0 saturated heterocycles. The first kappa shape index (κ1) is 9.67. The van der Waals surface area contributed by atoms with Gasteiger partial charge in [-0.25, -0.2) is 0 Å². The Hall–Kier alpha value is -1.88. The SMILES string of the molecule is CNCC(=O)Nc1n[nH]c2ccccc12. The van der Waals surface area contributed by atoms with Crippen LogP contribution in [0.5, 0.6) is 0 Å². The van der Waals surface area contributed by atoms with Crippen LogP contribution >= 0.6 is 0 Å². The molecule has 0 aliphatic heterocycles. The maximum atomic E-state index is 11.3. The summed E-state index contributed by atoms with van der Waals surface area (Å²) in [4.78, 5) is 11.3. The second-order valence-electron chi connectivity index (χ2n) is 3.20. The predicted molar refractivity (Wildman–Crippen MR) is 58.7 cm³/mol. The van der Waals surface area contributed by atoms with Gasteiger partial charge in [-0.1, -0.05) is 12.1 Å². The summed E-state index contributed by atoms with van der Waals surface area (Å²) in [5, 5.41) is 13.3. The van der Waals surface area contributed by atoms with E-state index in [1.54, 1.807) is 7.05 Å². The lowest BCUT2D eigenvalue weighted by Crippen LogP contribution is -2.25. The van der Waals surface area contributed by atoms with E-state index in [9.17, 15) is 4.79 Å². The number of nitrogens with one attached hydrogen (secondary N) is 3. The van der Waals surface area contributed by atoms with Gasteiger partial charge in [-0.3, -0.25) is 9.89 Å². The van der Waals surface area contributed by atoms with Gasteiger partial charge in [0.15, 0.2) is 5.82 Å². The van der Waals surface area contributed by atoms with E-state index >= 15 is 0 Å². The number of fused-ring (bicyclic) bond motifs is 1. The van der Waals surface area contributed by atoms with Gasteiger partial charge in [0.1, 0.15) is 0 Å². The Labute approximate surface area is 86.9 Å². The van der Waals surface area contributed by atoms with Gasteiger partial charge in [-0.2, -0.15) is 5.10 Å². The highest BCUT2D eigenvalue weighted by Gasteiger charge is 2.07. The summed E-state index contributed by atoms with van der Waals surface area (Å²) in [5.74, 6) is 0.473. The third-order valence-electron chi connectivity index (χ3n) is 2.07. The third-order valence-corrected chi connectivity index (χ3v) is 2.07. The number of aromatic nitrogens is 2. The number of carbonyl (C=O) groups excluding carboxylic acids is 1. The zero-order valence-corrected chi connectivity index (χ0v) is 8.37. The van der Waals surface area contributed by atoms with Crippen molar-refractivity contribution in [2.24, 2.45) is 0 Å². The monoisotopic (exact) mass is 204 g/mol. The van der Waals surface area contributed by atoms with E-state index in [0.717, 1.165) is 10.9 Å². The smallest absolute Gasteiger partial charge is 0.239 e. The van der Waals surface area contributed by atoms with Crippen molar-refractivity contribution in [2.75, 3.05) is 18.9 Å². The van der Waals surface area contributed by atoms with Crippen LogP contribution in [-0.4, -0.2) is 29.7 Å². The van der Waals surface area contributed by atoms with Crippen LogP contribution in [0.3, 0.4) is 0 Å². The van der Waals surface area contributed by atoms with Gasteiger partial charge in [0.2, 0.25) is 5.91 Å². The molecule has 0 atom stereocenters. The molecular weight excluding hydrogens is 192 g/mol. The van der Waals surface area contributed by atoms with Crippen molar-refractivity contribution in [3.63, 3.8) is 0 Å². The third kappa shape index (κ3) is 1.97. The summed E-state index contributed by atoms with van der Waals surface area (Å²) in [6, 6.07) is 7.65. The number of hydrogen-bond acceptors (Lipinski definition) is 3. The first-order chi connectivity index (χ1) is 7.31. The molecule has 0 unspecified atom stereocenters. The maximum absolute atomic E-state index is 11.3. The van der Waals surface area contributed by atoms with Gasteiger partial charge in [0.05, 0.1) is 12.1 Å². The van der Waals surface area contributed by atoms with Gasteiger partial charge in [-0.05, 0) is 19.2 Å². The molecule has 5 nitrogen and oxygen atoms in total. The minimum Gasteiger partial charge on any atom is -0.311 e. The van der Waals surface area contributed by atoms with Crippen molar-refractivity contribution in [3.8, 4) is 0 Å². The predicted octanol–water partition coefficient (Wildman–Crippen LogP) is 0.721. The highest BCUT2D eigenvalue weighted by atomic mass is 16.2. The number of aromatic amines is 1. The lowest BCUT2D eigenvalue weighted by atomic mass is 10.2. The molecule has 3 N–H and O–H groups in total. The Bertz CT molecular complexity index is 477. The summed E-state index contributed by atoms with van der Waals surface area (Å²) in [6.07, 6.45) is 0. The molecule has 1 heterocycles. The van der Waals surface area contributed by atoms with Gasteiger partial charge in [0.25, 0.3) is 0 Å². The van der Waals surface area contributed by atoms with Gasteiger partial charge < -0.3 is 10.6 Å². The normalized spacial score (nSPS) is 10.5. The molecule has 2 aromatic rings. The molecule has 0 fully saturated rings. The summed E-state index contributed by atoms with van der Waals surface area (Å²) in [5.41, 5.74) is 0.914. The number of benzene rings is 1. The van der Waals surface area contributed by atoms with Crippen LogP contribution in [-0.2, 0) is 4.79 Å². The van der Waals surface area contributed by atoms with E-state index < -0.39 is 0 Å². The molecule has 2 rings (SSSR count). The van der Waals surface area contributed by atoms with Crippen molar-refractivity contribution < 1.29 is 4.79 Å². The number of likely N-dealkylation sites (N-methyl/N-ethyl adjacent to an activating group) is 1. The number of amides is 1. The molecule has 15 heavy (non-hydrogen) atoms. The minimum atomic E-state index is -0.102. The fourth-order valence-electron chi connectivity index (χ4n) is 1.40. The van der Waals surface area contributed by atoms with E-state index in [1.807, 2.05) is 24.3 Å². The molecule has 78 valence electrons. The zero-order valence-electron chi connectivity index (χ0n) is 8.37. The fraction of sp³-hybridized carbons (Fsp3) is 0.200. The second kappa shape index (κ2) is 4.10. The van der Waals surface area contributed by atoms with E-state index in [0.29, 0.717) is 5.82 Å². The van der Waals surface area contributed by atoms with E-state index in [2.05, 4.69) is 20.8 Å². The summed E-state index contributed by atoms with van der Waals surface area (Å²) in [6.45, 7) is 0.279. The van der Waals surface area contributed by atoms with Gasteiger partial charge >= 0.3 is 0 Å². The number of anilines is 1. The summed E-state index contributed by atoms with van der Waals surface area (Å²) < 4.78 is 0. The van der Waals surface area contributed by atoms with Crippen LogP contribution in [0.25, 0.3) is 10.9 Å². The zero-order chi connectivity index (χ0) is 10.7. The van der Waals surface area contributed by atoms with E-state index in [4.69, 9.17) is 0 Å². The molecule has 1 aromatic carbocycles. The molecular formula is C10H12N4O. The van der Waals surface area contributed by atoms with Crippen molar-refractivity contribution in [3.05, 3.63) is 24.3 Å². The summed E-state index contributed by atoms with van der Waals surface area (Å²) >= 11 is 0. The highest BCUT2D eigenvalue weighted by Crippen LogP contribution is 2.18. The number of hydrogen-bond donors (Lipinski definition) is 3. The Balaban J connectivity index is 2.25. The lowest BCUT2D eigenvalue weighted by Gasteiger charge is -2.00. The number of rotatable bonds is 3. The maximum Gasteiger partial charge on any atom is 0.239 e. The van der Waals surface area contributed by atoms with Crippen LogP contribution in [0.4, 0.5) is 5.82 Å². The van der Waals surface area contributed by atoms with Crippen LogP contribution in [0, 0.1) is 0 Å². The van der Waals surface area contributed by atoms with Crippen LogP contribution < -0.4 is 10.6 Å². The number of para-hydroxylation sites is 1. The first-order valence-electron chi connectivity index (χ1n) is 4.69. The van der Waals surface area contributed by atoms with Crippen molar-refractivity contribution in [1.82, 2.24) is 15.5 Å². The Morgan fingerprint density at radius 2 is 2.27 bits per heavy atom. The van der Waals surface area contributed by atoms with Gasteiger partial charge in [0, 0.05) is 5.39 Å².